The molecule has 0 unspecified atom stereocenters. The Bertz CT molecular complexity index is 909. The summed E-state index contributed by atoms with van der Waals surface area (Å²) in [4.78, 5) is 4.35. The molecule has 0 saturated carbocycles. The Kier molecular flexibility index (Phi) is 4.55. The lowest BCUT2D eigenvalue weighted by Crippen LogP contribution is -2.28. The topological polar surface area (TPSA) is 78.0 Å². The maximum absolute atomic E-state index is 5.86. The molecule has 0 bridgehead atoms. The average Bonchev–Trinajstić information content (AvgIpc) is 3.02. The fraction of sp³-hybridized carbons (Fsp3) is 0.263. The minimum absolute atomic E-state index is 0.0603. The first-order chi connectivity index (χ1) is 12.6. The van der Waals surface area contributed by atoms with E-state index in [0.717, 1.165) is 16.6 Å². The minimum Gasteiger partial charge on any atom is -0.494 e. The van der Waals surface area contributed by atoms with Gasteiger partial charge in [-0.15, -0.1) is 5.10 Å². The molecule has 6 nitrogen and oxygen atoms in total. The van der Waals surface area contributed by atoms with Crippen LogP contribution in [0.3, 0.4) is 0 Å². The largest absolute Gasteiger partial charge is 0.494 e. The number of fused-ring (bicyclic) bond motifs is 1. The van der Waals surface area contributed by atoms with E-state index in [2.05, 4.69) is 55.6 Å². The van der Waals surface area contributed by atoms with Crippen LogP contribution in [-0.2, 0) is 0 Å². The van der Waals surface area contributed by atoms with Gasteiger partial charge in [0.15, 0.2) is 0 Å². The maximum atomic E-state index is 5.86. The van der Waals surface area contributed by atoms with Crippen molar-refractivity contribution < 1.29 is 4.74 Å². The van der Waals surface area contributed by atoms with Crippen molar-refractivity contribution in [3.8, 4) is 5.75 Å². The standard InChI is InChI=1S/C19H20BrN5O/c1-2-26-15-8-6-12(7-9-15)16-11-17(13-4-3-5-14(20)10-13)25-19(22-16)23-18(21)24-25/h3-10,16-17H,2,11H2,1H3,(H3,21,22,23,24)/t16-,17+/m0/s1. The molecule has 1 aliphatic rings. The zero-order valence-corrected chi connectivity index (χ0v) is 16.0. The number of nitrogen functional groups attached to an aromatic ring is 1. The van der Waals surface area contributed by atoms with Gasteiger partial charge in [-0.1, -0.05) is 40.2 Å². The summed E-state index contributed by atoms with van der Waals surface area (Å²) in [6, 6.07) is 16.6. The Morgan fingerprint density at radius 1 is 1.23 bits per heavy atom. The quantitative estimate of drug-likeness (QED) is 0.670. The van der Waals surface area contributed by atoms with Crippen LogP contribution in [0.5, 0.6) is 5.75 Å². The number of rotatable bonds is 4. The van der Waals surface area contributed by atoms with E-state index in [1.54, 1.807) is 0 Å². The van der Waals surface area contributed by atoms with Crippen LogP contribution in [0.2, 0.25) is 0 Å². The third kappa shape index (κ3) is 3.26. The second-order valence-corrected chi connectivity index (χ2v) is 7.16. The molecule has 2 aromatic carbocycles. The molecule has 0 saturated heterocycles. The molecule has 3 aromatic rings. The maximum Gasteiger partial charge on any atom is 0.241 e. The first-order valence-corrected chi connectivity index (χ1v) is 9.40. The third-order valence-corrected chi connectivity index (χ3v) is 5.03. The number of nitrogens with two attached hydrogens (primary N) is 1. The number of nitrogens with one attached hydrogen (secondary N) is 1. The highest BCUT2D eigenvalue weighted by Crippen LogP contribution is 2.38. The Morgan fingerprint density at radius 3 is 2.77 bits per heavy atom. The summed E-state index contributed by atoms with van der Waals surface area (Å²) in [5.74, 6) is 1.85. The van der Waals surface area contributed by atoms with Crippen molar-refractivity contribution in [2.75, 3.05) is 17.7 Å². The molecule has 0 amide bonds. The molecule has 2 heterocycles. The molecule has 1 aromatic heterocycles. The molecule has 1 aliphatic heterocycles. The lowest BCUT2D eigenvalue weighted by atomic mass is 9.93. The molecule has 26 heavy (non-hydrogen) atoms. The first-order valence-electron chi connectivity index (χ1n) is 8.61. The summed E-state index contributed by atoms with van der Waals surface area (Å²) < 4.78 is 8.46. The zero-order valence-electron chi connectivity index (χ0n) is 14.4. The van der Waals surface area contributed by atoms with E-state index in [0.29, 0.717) is 12.6 Å². The normalized spacial score (nSPS) is 18.8. The van der Waals surface area contributed by atoms with E-state index in [9.17, 15) is 0 Å². The predicted molar refractivity (Wildman–Crippen MR) is 105 cm³/mol. The predicted octanol–water partition coefficient (Wildman–Crippen LogP) is 4.17. The van der Waals surface area contributed by atoms with Crippen molar-refractivity contribution in [2.45, 2.75) is 25.4 Å². The molecular formula is C19H20BrN5O. The molecule has 0 fully saturated rings. The second kappa shape index (κ2) is 6.99. The Labute approximate surface area is 160 Å². The lowest BCUT2D eigenvalue weighted by Gasteiger charge is -2.31. The van der Waals surface area contributed by atoms with Crippen LogP contribution >= 0.6 is 15.9 Å². The van der Waals surface area contributed by atoms with Crippen molar-refractivity contribution in [3.05, 3.63) is 64.1 Å². The van der Waals surface area contributed by atoms with E-state index < -0.39 is 0 Å². The van der Waals surface area contributed by atoms with Crippen LogP contribution in [-0.4, -0.2) is 21.4 Å². The van der Waals surface area contributed by atoms with Gasteiger partial charge in [-0.2, -0.15) is 4.98 Å². The van der Waals surface area contributed by atoms with Crippen LogP contribution in [0.1, 0.15) is 36.6 Å². The number of nitrogens with zero attached hydrogens (tertiary/aromatic N) is 3. The van der Waals surface area contributed by atoms with Crippen LogP contribution in [0.4, 0.5) is 11.9 Å². The molecule has 4 rings (SSSR count). The van der Waals surface area contributed by atoms with Gasteiger partial charge >= 0.3 is 0 Å². The smallest absolute Gasteiger partial charge is 0.241 e. The summed E-state index contributed by atoms with van der Waals surface area (Å²) in [6.07, 6.45) is 0.847. The van der Waals surface area contributed by atoms with Gasteiger partial charge in [-0.3, -0.25) is 0 Å². The summed E-state index contributed by atoms with van der Waals surface area (Å²) in [5, 5.41) is 7.85. The third-order valence-electron chi connectivity index (χ3n) is 4.53. The average molecular weight is 414 g/mol. The van der Waals surface area contributed by atoms with E-state index in [1.807, 2.05) is 35.9 Å². The van der Waals surface area contributed by atoms with Crippen LogP contribution in [0, 0.1) is 0 Å². The number of aromatic nitrogens is 3. The number of halogens is 1. The van der Waals surface area contributed by atoms with Gasteiger partial charge in [-0.05, 0) is 48.7 Å². The number of hydrogen-bond donors (Lipinski definition) is 2. The highest BCUT2D eigenvalue weighted by Gasteiger charge is 2.30. The summed E-state index contributed by atoms with van der Waals surface area (Å²) in [6.45, 7) is 2.64. The Balaban J connectivity index is 1.69. The van der Waals surface area contributed by atoms with Gasteiger partial charge in [0.1, 0.15) is 5.75 Å². The molecule has 2 atom stereocenters. The SMILES string of the molecule is CCOc1ccc([C@@H]2C[C@H](c3cccc(Br)c3)n3nc(N)nc3N2)cc1. The molecule has 0 spiro atoms. The minimum atomic E-state index is 0.0603. The summed E-state index contributed by atoms with van der Waals surface area (Å²) in [7, 11) is 0. The molecule has 3 N–H and O–H groups in total. The lowest BCUT2D eigenvalue weighted by molar-refractivity contribution is 0.340. The second-order valence-electron chi connectivity index (χ2n) is 6.24. The van der Waals surface area contributed by atoms with Crippen molar-refractivity contribution in [1.82, 2.24) is 14.8 Å². The van der Waals surface area contributed by atoms with E-state index in [-0.39, 0.29) is 18.0 Å². The molecule has 7 heteroatoms. The fourth-order valence-corrected chi connectivity index (χ4v) is 3.78. The van der Waals surface area contributed by atoms with Crippen molar-refractivity contribution in [3.63, 3.8) is 0 Å². The van der Waals surface area contributed by atoms with E-state index >= 15 is 0 Å². The highest BCUT2D eigenvalue weighted by molar-refractivity contribution is 9.10. The van der Waals surface area contributed by atoms with Crippen LogP contribution < -0.4 is 15.8 Å². The fourth-order valence-electron chi connectivity index (χ4n) is 3.37. The Morgan fingerprint density at radius 2 is 2.04 bits per heavy atom. The van der Waals surface area contributed by atoms with Crippen LogP contribution in [0.15, 0.2) is 53.0 Å². The summed E-state index contributed by atoms with van der Waals surface area (Å²) >= 11 is 3.56. The molecular weight excluding hydrogens is 394 g/mol. The Hall–Kier alpha value is -2.54. The number of benzene rings is 2. The van der Waals surface area contributed by atoms with E-state index in [4.69, 9.17) is 10.5 Å². The van der Waals surface area contributed by atoms with Crippen molar-refractivity contribution in [2.24, 2.45) is 0 Å². The molecule has 0 radical (unpaired) electrons. The van der Waals surface area contributed by atoms with Crippen molar-refractivity contribution >= 4 is 27.8 Å². The van der Waals surface area contributed by atoms with Gasteiger partial charge in [0.25, 0.3) is 0 Å². The number of hydrogen-bond acceptors (Lipinski definition) is 5. The van der Waals surface area contributed by atoms with Crippen molar-refractivity contribution in [1.29, 1.82) is 0 Å². The molecule has 0 aliphatic carbocycles. The van der Waals surface area contributed by atoms with Gasteiger partial charge in [-0.25, -0.2) is 4.68 Å². The first kappa shape index (κ1) is 16.9. The number of ether oxygens (including phenoxy) is 1. The van der Waals surface area contributed by atoms with Gasteiger partial charge < -0.3 is 15.8 Å². The molecule has 134 valence electrons. The summed E-state index contributed by atoms with van der Waals surface area (Å²) in [5.41, 5.74) is 8.21. The number of anilines is 2. The van der Waals surface area contributed by atoms with E-state index in [1.165, 1.54) is 11.1 Å². The van der Waals surface area contributed by atoms with Gasteiger partial charge in [0.2, 0.25) is 11.9 Å². The monoisotopic (exact) mass is 413 g/mol. The van der Waals surface area contributed by atoms with Gasteiger partial charge in [0, 0.05) is 4.47 Å². The zero-order chi connectivity index (χ0) is 18.1. The highest BCUT2D eigenvalue weighted by atomic mass is 79.9. The van der Waals surface area contributed by atoms with Crippen LogP contribution in [0.25, 0.3) is 0 Å². The van der Waals surface area contributed by atoms with Gasteiger partial charge in [0.05, 0.1) is 18.7 Å².